The molecule has 2 rings (SSSR count). The molecule has 0 saturated heterocycles. The average Bonchev–Trinajstić information content (AvgIpc) is 2.46. The molecule has 0 heterocycles. The number of benzene rings is 2. The highest BCUT2D eigenvalue weighted by Crippen LogP contribution is 2.28. The smallest absolute Gasteiger partial charge is 0.119 e. The molecule has 1 unspecified atom stereocenters. The number of hydrogen-bond acceptors (Lipinski definition) is 3. The highest BCUT2D eigenvalue weighted by atomic mass is 79.9. The molecule has 0 bridgehead atoms. The first-order valence-electron chi connectivity index (χ1n) is 6.19. The predicted octanol–water partition coefficient (Wildman–Crippen LogP) is 4.22. The summed E-state index contributed by atoms with van der Waals surface area (Å²) in [6.07, 6.45) is 0. The van der Waals surface area contributed by atoms with Gasteiger partial charge in [0, 0.05) is 21.7 Å². The van der Waals surface area contributed by atoms with Crippen molar-refractivity contribution in [1.29, 1.82) is 0 Å². The average molecular weight is 356 g/mol. The maximum absolute atomic E-state index is 6.27. The van der Waals surface area contributed by atoms with Gasteiger partial charge in [0.25, 0.3) is 0 Å². The van der Waals surface area contributed by atoms with Gasteiger partial charge in [-0.1, -0.05) is 33.6 Å². The molecule has 0 aliphatic heterocycles. The van der Waals surface area contributed by atoms with Crippen LogP contribution in [0.25, 0.3) is 0 Å². The van der Waals surface area contributed by atoms with Crippen LogP contribution in [0.2, 0.25) is 5.02 Å². The van der Waals surface area contributed by atoms with Crippen molar-refractivity contribution in [2.24, 2.45) is 5.73 Å². The maximum Gasteiger partial charge on any atom is 0.119 e. The minimum absolute atomic E-state index is 0.0380. The predicted molar refractivity (Wildman–Crippen MR) is 87.6 cm³/mol. The van der Waals surface area contributed by atoms with Gasteiger partial charge in [-0.3, -0.25) is 0 Å². The first-order chi connectivity index (χ1) is 9.63. The van der Waals surface area contributed by atoms with Gasteiger partial charge < -0.3 is 15.8 Å². The molecule has 0 fully saturated rings. The molecule has 2 aromatic carbocycles. The standard InChI is InChI=1S/C15H16BrClN2O/c1-20-12-5-3-11(4-6-12)19-15(9-18)13-7-2-10(16)8-14(13)17/h2-8,15,19H,9,18H2,1H3. The summed E-state index contributed by atoms with van der Waals surface area (Å²) in [5.41, 5.74) is 7.81. The highest BCUT2D eigenvalue weighted by Gasteiger charge is 2.13. The van der Waals surface area contributed by atoms with E-state index in [1.165, 1.54) is 0 Å². The van der Waals surface area contributed by atoms with Gasteiger partial charge in [0.2, 0.25) is 0 Å². The van der Waals surface area contributed by atoms with Crippen molar-refractivity contribution in [3.8, 4) is 5.75 Å². The van der Waals surface area contributed by atoms with E-state index in [0.29, 0.717) is 11.6 Å². The van der Waals surface area contributed by atoms with Crippen LogP contribution in [0.15, 0.2) is 46.9 Å². The second-order valence-corrected chi connectivity index (χ2v) is 5.65. The zero-order valence-electron chi connectivity index (χ0n) is 11.1. The third kappa shape index (κ3) is 3.66. The summed E-state index contributed by atoms with van der Waals surface area (Å²) >= 11 is 9.67. The number of nitrogens with one attached hydrogen (secondary N) is 1. The lowest BCUT2D eigenvalue weighted by Gasteiger charge is -2.20. The van der Waals surface area contributed by atoms with E-state index in [1.807, 2.05) is 42.5 Å². The molecule has 0 saturated carbocycles. The van der Waals surface area contributed by atoms with Crippen molar-refractivity contribution in [3.05, 3.63) is 57.5 Å². The van der Waals surface area contributed by atoms with E-state index in [2.05, 4.69) is 21.2 Å². The van der Waals surface area contributed by atoms with E-state index in [1.54, 1.807) is 7.11 Å². The number of rotatable bonds is 5. The van der Waals surface area contributed by atoms with Gasteiger partial charge in [0.15, 0.2) is 0 Å². The van der Waals surface area contributed by atoms with E-state index in [4.69, 9.17) is 22.1 Å². The molecular weight excluding hydrogens is 340 g/mol. The van der Waals surface area contributed by atoms with Crippen molar-refractivity contribution >= 4 is 33.2 Å². The van der Waals surface area contributed by atoms with Crippen LogP contribution in [0.1, 0.15) is 11.6 Å². The lowest BCUT2D eigenvalue weighted by Crippen LogP contribution is -2.20. The Balaban J connectivity index is 2.19. The third-order valence-corrected chi connectivity index (χ3v) is 3.83. The van der Waals surface area contributed by atoms with Crippen molar-refractivity contribution in [1.82, 2.24) is 0 Å². The molecule has 2 aromatic rings. The van der Waals surface area contributed by atoms with Gasteiger partial charge in [-0.25, -0.2) is 0 Å². The largest absolute Gasteiger partial charge is 0.497 e. The van der Waals surface area contributed by atoms with Crippen LogP contribution in [0.5, 0.6) is 5.75 Å². The number of nitrogens with two attached hydrogens (primary N) is 1. The summed E-state index contributed by atoms with van der Waals surface area (Å²) in [5.74, 6) is 0.821. The number of hydrogen-bond donors (Lipinski definition) is 2. The van der Waals surface area contributed by atoms with Gasteiger partial charge in [-0.15, -0.1) is 0 Å². The van der Waals surface area contributed by atoms with Gasteiger partial charge in [0.1, 0.15) is 5.75 Å². The Bertz CT molecular complexity index is 575. The molecule has 3 nitrogen and oxygen atoms in total. The van der Waals surface area contributed by atoms with Crippen LogP contribution >= 0.6 is 27.5 Å². The minimum Gasteiger partial charge on any atom is -0.497 e. The zero-order valence-corrected chi connectivity index (χ0v) is 13.4. The van der Waals surface area contributed by atoms with Crippen LogP contribution < -0.4 is 15.8 Å². The van der Waals surface area contributed by atoms with E-state index in [0.717, 1.165) is 21.5 Å². The fourth-order valence-electron chi connectivity index (χ4n) is 1.94. The fourth-order valence-corrected chi connectivity index (χ4v) is 2.74. The Kier molecular flexibility index (Phi) is 5.29. The Morgan fingerprint density at radius 1 is 1.25 bits per heavy atom. The van der Waals surface area contributed by atoms with Crippen LogP contribution in [0, 0.1) is 0 Å². The minimum atomic E-state index is -0.0380. The van der Waals surface area contributed by atoms with Gasteiger partial charge in [-0.2, -0.15) is 0 Å². The molecule has 1 atom stereocenters. The zero-order chi connectivity index (χ0) is 14.5. The second-order valence-electron chi connectivity index (χ2n) is 4.33. The van der Waals surface area contributed by atoms with E-state index in [-0.39, 0.29) is 6.04 Å². The normalized spacial score (nSPS) is 12.0. The van der Waals surface area contributed by atoms with Gasteiger partial charge >= 0.3 is 0 Å². The number of methoxy groups -OCH3 is 1. The van der Waals surface area contributed by atoms with E-state index < -0.39 is 0 Å². The number of halogens is 2. The lowest BCUT2D eigenvalue weighted by atomic mass is 10.1. The summed E-state index contributed by atoms with van der Waals surface area (Å²) in [5, 5.41) is 4.07. The van der Waals surface area contributed by atoms with E-state index >= 15 is 0 Å². The Morgan fingerprint density at radius 2 is 1.95 bits per heavy atom. The van der Waals surface area contributed by atoms with Crippen LogP contribution in [0.3, 0.4) is 0 Å². The molecule has 0 spiro atoms. The summed E-state index contributed by atoms with van der Waals surface area (Å²) in [6.45, 7) is 0.452. The molecule has 0 aliphatic carbocycles. The quantitative estimate of drug-likeness (QED) is 0.844. The van der Waals surface area contributed by atoms with Gasteiger partial charge in [0.05, 0.1) is 13.2 Å². The first kappa shape index (κ1) is 15.2. The van der Waals surface area contributed by atoms with Crippen molar-refractivity contribution < 1.29 is 4.74 Å². The molecule has 3 N–H and O–H groups in total. The first-order valence-corrected chi connectivity index (χ1v) is 7.36. The topological polar surface area (TPSA) is 47.3 Å². The number of anilines is 1. The summed E-state index contributed by atoms with van der Waals surface area (Å²) in [4.78, 5) is 0. The highest BCUT2D eigenvalue weighted by molar-refractivity contribution is 9.10. The molecule has 0 aromatic heterocycles. The Morgan fingerprint density at radius 3 is 2.50 bits per heavy atom. The van der Waals surface area contributed by atoms with Crippen LogP contribution in [-0.2, 0) is 0 Å². The molecule has 106 valence electrons. The van der Waals surface area contributed by atoms with Gasteiger partial charge in [-0.05, 0) is 42.0 Å². The van der Waals surface area contributed by atoms with Crippen molar-refractivity contribution in [2.45, 2.75) is 6.04 Å². The number of ether oxygens (including phenoxy) is 1. The molecule has 20 heavy (non-hydrogen) atoms. The fraction of sp³-hybridized carbons (Fsp3) is 0.200. The molecule has 5 heteroatoms. The molecule has 0 aliphatic rings. The molecule has 0 radical (unpaired) electrons. The molecule has 0 amide bonds. The van der Waals surface area contributed by atoms with Crippen LogP contribution in [0.4, 0.5) is 5.69 Å². The van der Waals surface area contributed by atoms with Crippen molar-refractivity contribution in [2.75, 3.05) is 19.0 Å². The maximum atomic E-state index is 6.27. The third-order valence-electron chi connectivity index (χ3n) is 3.00. The lowest BCUT2D eigenvalue weighted by molar-refractivity contribution is 0.415. The summed E-state index contributed by atoms with van der Waals surface area (Å²) < 4.78 is 6.09. The monoisotopic (exact) mass is 354 g/mol. The SMILES string of the molecule is COc1ccc(NC(CN)c2ccc(Br)cc2Cl)cc1. The Hall–Kier alpha value is -1.23. The molecular formula is C15H16BrClN2O. The Labute approximate surface area is 132 Å². The van der Waals surface area contributed by atoms with E-state index in [9.17, 15) is 0 Å². The second kappa shape index (κ2) is 6.97. The summed E-state index contributed by atoms with van der Waals surface area (Å²) in [7, 11) is 1.65. The van der Waals surface area contributed by atoms with Crippen LogP contribution in [-0.4, -0.2) is 13.7 Å². The summed E-state index contributed by atoms with van der Waals surface area (Å²) in [6, 6.07) is 13.5. The van der Waals surface area contributed by atoms with Crippen molar-refractivity contribution in [3.63, 3.8) is 0 Å².